The average molecular weight is 441 g/mol. The molecule has 1 saturated carbocycles. The van der Waals surface area contributed by atoms with Gasteiger partial charge in [-0.05, 0) is 55.0 Å². The third kappa shape index (κ3) is 5.40. The number of ether oxygens (including phenoxy) is 1. The van der Waals surface area contributed by atoms with Crippen molar-refractivity contribution in [3.05, 3.63) is 89.3 Å². The maximum atomic E-state index is 12.7. The number of rotatable bonds is 5. The van der Waals surface area contributed by atoms with E-state index in [4.69, 9.17) is 4.74 Å². The number of carbonyl (C=O) groups excluding carboxylic acids is 1. The van der Waals surface area contributed by atoms with E-state index in [0.717, 1.165) is 43.5 Å². The fourth-order valence-electron chi connectivity index (χ4n) is 4.26. The molecule has 3 aromatic rings. The van der Waals surface area contributed by atoms with E-state index in [9.17, 15) is 4.79 Å². The van der Waals surface area contributed by atoms with Crippen LogP contribution in [-0.2, 0) is 0 Å². The van der Waals surface area contributed by atoms with Crippen LogP contribution in [0.3, 0.4) is 0 Å². The van der Waals surface area contributed by atoms with Crippen LogP contribution in [0.5, 0.6) is 11.8 Å². The van der Waals surface area contributed by atoms with Gasteiger partial charge in [0.1, 0.15) is 5.75 Å². The summed E-state index contributed by atoms with van der Waals surface area (Å²) in [6.45, 7) is 3.43. The summed E-state index contributed by atoms with van der Waals surface area (Å²) in [5.74, 6) is 1.16. The molecule has 2 atom stereocenters. The van der Waals surface area contributed by atoms with Crippen LogP contribution in [0.4, 0.5) is 4.79 Å². The minimum absolute atomic E-state index is 0.0611. The first-order chi connectivity index (χ1) is 16.1. The fraction of sp³-hybridized carbons (Fsp3) is 0.296. The third-order valence-electron chi connectivity index (χ3n) is 6.22. The molecule has 1 N–H and O–H groups in total. The van der Waals surface area contributed by atoms with Gasteiger partial charge in [-0.2, -0.15) is 0 Å². The van der Waals surface area contributed by atoms with Crippen LogP contribution in [0.15, 0.2) is 72.6 Å². The molecule has 33 heavy (non-hydrogen) atoms. The first-order valence-corrected chi connectivity index (χ1v) is 11.5. The molecule has 2 fully saturated rings. The molecule has 0 radical (unpaired) electrons. The van der Waals surface area contributed by atoms with E-state index in [2.05, 4.69) is 51.7 Å². The standard InChI is InChI=1S/C27H28N4O2/c1-19-17-28-26(29-18-19)33-23-9-5-6-21(15-23)14-20-10-12-31(13-11-20)27(32)30-25-16-24(25)22-7-3-2-4-8-22/h2-9,14-15,17-18,24-25H,10-13,16H2,1H3,(H,30,32)/t24-,25+/m1/s1. The highest BCUT2D eigenvalue weighted by atomic mass is 16.5. The third-order valence-corrected chi connectivity index (χ3v) is 6.22. The van der Waals surface area contributed by atoms with Gasteiger partial charge in [-0.15, -0.1) is 0 Å². The van der Waals surface area contributed by atoms with Crippen LogP contribution < -0.4 is 10.1 Å². The van der Waals surface area contributed by atoms with E-state index in [-0.39, 0.29) is 12.1 Å². The number of carbonyl (C=O) groups is 1. The van der Waals surface area contributed by atoms with E-state index in [1.165, 1.54) is 11.1 Å². The molecule has 2 heterocycles. The summed E-state index contributed by atoms with van der Waals surface area (Å²) >= 11 is 0. The summed E-state index contributed by atoms with van der Waals surface area (Å²) in [4.78, 5) is 23.0. The van der Waals surface area contributed by atoms with Gasteiger partial charge in [-0.25, -0.2) is 14.8 Å². The van der Waals surface area contributed by atoms with Crippen molar-refractivity contribution >= 4 is 12.1 Å². The van der Waals surface area contributed by atoms with Gasteiger partial charge in [0.2, 0.25) is 0 Å². The Morgan fingerprint density at radius 2 is 1.82 bits per heavy atom. The zero-order chi connectivity index (χ0) is 22.6. The van der Waals surface area contributed by atoms with Crippen molar-refractivity contribution < 1.29 is 9.53 Å². The molecule has 168 valence electrons. The van der Waals surface area contributed by atoms with Gasteiger partial charge >= 0.3 is 12.0 Å². The fourth-order valence-corrected chi connectivity index (χ4v) is 4.26. The summed E-state index contributed by atoms with van der Waals surface area (Å²) in [6.07, 6.45) is 8.47. The lowest BCUT2D eigenvalue weighted by atomic mass is 10.0. The average Bonchev–Trinajstić information content (AvgIpc) is 3.61. The van der Waals surface area contributed by atoms with E-state index >= 15 is 0 Å². The summed E-state index contributed by atoms with van der Waals surface area (Å²) < 4.78 is 5.78. The highest BCUT2D eigenvalue weighted by molar-refractivity contribution is 5.75. The van der Waals surface area contributed by atoms with Gasteiger partial charge in [-0.3, -0.25) is 0 Å². The van der Waals surface area contributed by atoms with Gasteiger partial charge in [-0.1, -0.05) is 54.1 Å². The number of nitrogens with zero attached hydrogens (tertiary/aromatic N) is 3. The summed E-state index contributed by atoms with van der Waals surface area (Å²) in [5.41, 5.74) is 4.73. The Kier molecular flexibility index (Phi) is 6.07. The van der Waals surface area contributed by atoms with Gasteiger partial charge in [0, 0.05) is 37.4 Å². The van der Waals surface area contributed by atoms with Crippen LogP contribution in [-0.4, -0.2) is 40.0 Å². The van der Waals surface area contributed by atoms with E-state index in [0.29, 0.717) is 17.7 Å². The number of hydrogen-bond donors (Lipinski definition) is 1. The Morgan fingerprint density at radius 3 is 2.58 bits per heavy atom. The van der Waals surface area contributed by atoms with Crippen molar-refractivity contribution in [2.75, 3.05) is 13.1 Å². The van der Waals surface area contributed by atoms with E-state index in [1.807, 2.05) is 36.1 Å². The summed E-state index contributed by atoms with van der Waals surface area (Å²) in [5, 5.41) is 3.21. The zero-order valence-corrected chi connectivity index (χ0v) is 18.8. The number of amides is 2. The second-order valence-electron chi connectivity index (χ2n) is 8.82. The number of urea groups is 1. The highest BCUT2D eigenvalue weighted by Gasteiger charge is 2.40. The molecule has 0 unspecified atom stereocenters. The first-order valence-electron chi connectivity index (χ1n) is 11.5. The maximum absolute atomic E-state index is 12.7. The lowest BCUT2D eigenvalue weighted by Crippen LogP contribution is -2.44. The Balaban J connectivity index is 1.13. The van der Waals surface area contributed by atoms with E-state index in [1.54, 1.807) is 12.4 Å². The van der Waals surface area contributed by atoms with Crippen LogP contribution in [0.1, 0.15) is 41.9 Å². The van der Waals surface area contributed by atoms with Crippen molar-refractivity contribution in [1.29, 1.82) is 0 Å². The number of hydrogen-bond acceptors (Lipinski definition) is 4. The lowest BCUT2D eigenvalue weighted by molar-refractivity contribution is 0.193. The number of aromatic nitrogens is 2. The predicted molar refractivity (Wildman–Crippen MR) is 128 cm³/mol. The largest absolute Gasteiger partial charge is 0.424 e. The Morgan fingerprint density at radius 1 is 1.06 bits per heavy atom. The van der Waals surface area contributed by atoms with Crippen LogP contribution >= 0.6 is 0 Å². The Hall–Kier alpha value is -3.67. The smallest absolute Gasteiger partial charge is 0.321 e. The number of likely N-dealkylation sites (tertiary alicyclic amines) is 1. The first kappa shape index (κ1) is 21.2. The van der Waals surface area contributed by atoms with Gasteiger partial charge < -0.3 is 15.0 Å². The number of aryl methyl sites for hydroxylation is 1. The second-order valence-corrected chi connectivity index (χ2v) is 8.82. The summed E-state index contributed by atoms with van der Waals surface area (Å²) in [7, 11) is 0. The SMILES string of the molecule is Cc1cnc(Oc2cccc(C=C3CCN(C(=O)N[C@H]4C[C@@H]4c4ccccc4)CC3)c2)nc1. The molecule has 5 rings (SSSR count). The van der Waals surface area contributed by atoms with Crippen molar-refractivity contribution in [3.63, 3.8) is 0 Å². The molecule has 0 bridgehead atoms. The van der Waals surface area contributed by atoms with Crippen LogP contribution in [0.2, 0.25) is 0 Å². The molecule has 2 amide bonds. The molecular weight excluding hydrogens is 412 g/mol. The molecule has 6 nitrogen and oxygen atoms in total. The minimum Gasteiger partial charge on any atom is -0.424 e. The van der Waals surface area contributed by atoms with Crippen molar-refractivity contribution in [2.45, 2.75) is 38.1 Å². The number of piperidine rings is 1. The highest BCUT2D eigenvalue weighted by Crippen LogP contribution is 2.40. The van der Waals surface area contributed by atoms with Crippen LogP contribution in [0.25, 0.3) is 6.08 Å². The molecular formula is C27H28N4O2. The lowest BCUT2D eigenvalue weighted by Gasteiger charge is -2.28. The maximum Gasteiger partial charge on any atom is 0.321 e. The Labute approximate surface area is 194 Å². The van der Waals surface area contributed by atoms with Crippen molar-refractivity contribution in [3.8, 4) is 11.8 Å². The molecule has 6 heteroatoms. The number of nitrogens with one attached hydrogen (secondary N) is 1. The predicted octanol–water partition coefficient (Wildman–Crippen LogP) is 5.32. The molecule has 1 aliphatic heterocycles. The second kappa shape index (κ2) is 9.45. The molecule has 1 saturated heterocycles. The van der Waals surface area contributed by atoms with E-state index < -0.39 is 0 Å². The van der Waals surface area contributed by atoms with Gasteiger partial charge in [0.25, 0.3) is 0 Å². The van der Waals surface area contributed by atoms with Crippen LogP contribution in [0, 0.1) is 6.92 Å². The summed E-state index contributed by atoms with van der Waals surface area (Å²) in [6, 6.07) is 19.0. The number of benzene rings is 2. The van der Waals surface area contributed by atoms with Crippen molar-refractivity contribution in [1.82, 2.24) is 20.2 Å². The van der Waals surface area contributed by atoms with Crippen molar-refractivity contribution in [2.24, 2.45) is 0 Å². The zero-order valence-electron chi connectivity index (χ0n) is 18.8. The molecule has 0 spiro atoms. The van der Waals surface area contributed by atoms with Gasteiger partial charge in [0.05, 0.1) is 0 Å². The quantitative estimate of drug-likeness (QED) is 0.583. The molecule has 2 aromatic carbocycles. The molecule has 1 aromatic heterocycles. The molecule has 1 aliphatic carbocycles. The normalized spacial score (nSPS) is 19.7. The molecule has 2 aliphatic rings. The monoisotopic (exact) mass is 440 g/mol. The van der Waals surface area contributed by atoms with Gasteiger partial charge in [0.15, 0.2) is 0 Å². The Bertz CT molecular complexity index is 1130. The minimum atomic E-state index is 0.0611. The topological polar surface area (TPSA) is 67.3 Å².